The van der Waals surface area contributed by atoms with Crippen molar-refractivity contribution in [2.75, 3.05) is 23.7 Å². The van der Waals surface area contributed by atoms with Crippen molar-refractivity contribution >= 4 is 44.0 Å². The Bertz CT molecular complexity index is 1390. The van der Waals surface area contributed by atoms with Gasteiger partial charge in [0.25, 0.3) is 0 Å². The molecular formula is C25H25N5O2S2. The lowest BCUT2D eigenvalue weighted by Crippen LogP contribution is -2.60. The molecule has 6 rings (SSSR count). The van der Waals surface area contributed by atoms with E-state index in [0.29, 0.717) is 24.7 Å². The van der Waals surface area contributed by atoms with Gasteiger partial charge in [-0.1, -0.05) is 36.8 Å². The molecule has 4 heterocycles. The van der Waals surface area contributed by atoms with Crippen molar-refractivity contribution < 1.29 is 9.32 Å². The lowest BCUT2D eigenvalue weighted by molar-refractivity contribution is 0.0300. The van der Waals surface area contributed by atoms with E-state index in [2.05, 4.69) is 9.97 Å². The summed E-state index contributed by atoms with van der Waals surface area (Å²) in [5.74, 6) is 0.596. The molecule has 1 saturated heterocycles. The van der Waals surface area contributed by atoms with Gasteiger partial charge in [0, 0.05) is 28.6 Å². The molecule has 1 saturated carbocycles. The molecule has 2 fully saturated rings. The third kappa shape index (κ3) is 3.68. The Morgan fingerprint density at radius 2 is 1.85 bits per heavy atom. The molecule has 1 aromatic carbocycles. The number of pyridine rings is 1. The second kappa shape index (κ2) is 8.11. The Morgan fingerprint density at radius 3 is 2.47 bits per heavy atom. The molecule has 34 heavy (non-hydrogen) atoms. The second-order valence-electron chi connectivity index (χ2n) is 9.38. The first-order valence-corrected chi connectivity index (χ1v) is 13.4. The first-order valence-electron chi connectivity index (χ1n) is 11.4. The van der Waals surface area contributed by atoms with Crippen molar-refractivity contribution in [2.45, 2.75) is 41.2 Å². The molecule has 2 aliphatic rings. The van der Waals surface area contributed by atoms with Gasteiger partial charge in [0.15, 0.2) is 0 Å². The van der Waals surface area contributed by atoms with Gasteiger partial charge in [0.05, 0.1) is 40.9 Å². The van der Waals surface area contributed by atoms with Crippen LogP contribution in [0.2, 0.25) is 0 Å². The summed E-state index contributed by atoms with van der Waals surface area (Å²) in [4.78, 5) is 16.6. The molecular weight excluding hydrogens is 466 g/mol. The minimum absolute atomic E-state index is 0.193. The van der Waals surface area contributed by atoms with Crippen molar-refractivity contribution in [3.05, 3.63) is 48.8 Å². The van der Waals surface area contributed by atoms with Gasteiger partial charge in [-0.2, -0.15) is 0 Å². The lowest BCUT2D eigenvalue weighted by Gasteiger charge is -2.44. The van der Waals surface area contributed by atoms with Crippen LogP contribution >= 0.6 is 11.3 Å². The minimum Gasteiger partial charge on any atom is -0.396 e. The zero-order chi connectivity index (χ0) is 23.4. The number of nitrogen functional groups attached to an aromatic ring is 1. The topological polar surface area (TPSA) is 105 Å². The van der Waals surface area contributed by atoms with Crippen molar-refractivity contribution in [1.29, 1.82) is 0 Å². The number of nitrogens with two attached hydrogens (primary N) is 1. The number of aliphatic hydroxyl groups is 1. The van der Waals surface area contributed by atoms with Crippen LogP contribution in [0, 0.1) is 0 Å². The number of hydrogen-bond acceptors (Lipinski definition) is 8. The maximum Gasteiger partial charge on any atom is 0.225 e. The zero-order valence-corrected chi connectivity index (χ0v) is 20.4. The molecule has 1 atom stereocenters. The van der Waals surface area contributed by atoms with Crippen LogP contribution in [0.3, 0.4) is 0 Å². The molecule has 3 N–H and O–H groups in total. The first-order chi connectivity index (χ1) is 16.4. The molecule has 0 bridgehead atoms. The summed E-state index contributed by atoms with van der Waals surface area (Å²) < 4.78 is 13.9. The Kier molecular flexibility index (Phi) is 5.16. The second-order valence-corrected chi connectivity index (χ2v) is 12.3. The quantitative estimate of drug-likeness (QED) is 0.430. The third-order valence-corrected chi connectivity index (χ3v) is 9.87. The predicted molar refractivity (Wildman–Crippen MR) is 137 cm³/mol. The summed E-state index contributed by atoms with van der Waals surface area (Å²) in [5, 5.41) is 11.1. The van der Waals surface area contributed by atoms with Crippen molar-refractivity contribution in [2.24, 2.45) is 0 Å². The highest BCUT2D eigenvalue weighted by Gasteiger charge is 2.38. The average molecular weight is 492 g/mol. The fourth-order valence-corrected chi connectivity index (χ4v) is 7.72. The summed E-state index contributed by atoms with van der Waals surface area (Å²) in [6.07, 6.45) is 6.64. The number of fused-ring (bicyclic) bond motifs is 1. The monoisotopic (exact) mass is 491 g/mol. The number of aromatic nitrogens is 3. The number of hydrogen-bond donors (Lipinski definition) is 2. The highest BCUT2D eigenvalue weighted by molar-refractivity contribution is 7.88. The van der Waals surface area contributed by atoms with Gasteiger partial charge in [-0.3, -0.25) is 4.21 Å². The van der Waals surface area contributed by atoms with E-state index in [1.165, 1.54) is 11.3 Å². The van der Waals surface area contributed by atoms with Gasteiger partial charge in [0.2, 0.25) is 5.95 Å². The van der Waals surface area contributed by atoms with E-state index in [0.717, 1.165) is 56.1 Å². The number of anilines is 2. The lowest BCUT2D eigenvalue weighted by atomic mass is 9.98. The molecule has 9 heteroatoms. The summed E-state index contributed by atoms with van der Waals surface area (Å²) in [5.41, 5.74) is 10.0. The fourth-order valence-electron chi connectivity index (χ4n) is 4.51. The molecule has 174 valence electrons. The summed E-state index contributed by atoms with van der Waals surface area (Å²) in [6.45, 7) is 2.84. The molecule has 0 amide bonds. The molecule has 7 nitrogen and oxygen atoms in total. The van der Waals surface area contributed by atoms with E-state index in [-0.39, 0.29) is 5.25 Å². The number of β-amino-alcohol motifs (C(OH)–C–C–N with tert-alkyl or cyclic N) is 1. The fraction of sp³-hybridized carbons (Fsp3) is 0.320. The number of thiophene rings is 1. The van der Waals surface area contributed by atoms with Crippen molar-refractivity contribution in [1.82, 2.24) is 15.0 Å². The molecule has 1 aliphatic heterocycles. The van der Waals surface area contributed by atoms with Crippen LogP contribution < -0.4 is 10.6 Å². The summed E-state index contributed by atoms with van der Waals surface area (Å²) >= 11 is 1.43. The molecule has 4 aromatic rings. The highest BCUT2D eigenvalue weighted by Crippen LogP contribution is 2.44. The molecule has 1 unspecified atom stereocenters. The maximum absolute atomic E-state index is 13.2. The first kappa shape index (κ1) is 21.6. The highest BCUT2D eigenvalue weighted by atomic mass is 32.2. The largest absolute Gasteiger partial charge is 0.396 e. The number of nitrogens with zero attached hydrogens (tertiary/aromatic N) is 4. The van der Waals surface area contributed by atoms with E-state index in [1.807, 2.05) is 41.3 Å². The van der Waals surface area contributed by atoms with Gasteiger partial charge in [-0.15, -0.1) is 11.3 Å². The van der Waals surface area contributed by atoms with Crippen LogP contribution in [0.5, 0.6) is 0 Å². The van der Waals surface area contributed by atoms with Gasteiger partial charge in [-0.05, 0) is 37.0 Å². The average Bonchev–Trinajstić information content (AvgIpc) is 3.13. The molecule has 3 aromatic heterocycles. The van der Waals surface area contributed by atoms with E-state index in [4.69, 9.17) is 10.7 Å². The number of benzene rings is 1. The van der Waals surface area contributed by atoms with Gasteiger partial charge < -0.3 is 15.7 Å². The zero-order valence-electron chi connectivity index (χ0n) is 18.8. The van der Waals surface area contributed by atoms with E-state index < -0.39 is 16.4 Å². The Labute approximate surface area is 204 Å². The van der Waals surface area contributed by atoms with Gasteiger partial charge in [0.1, 0.15) is 9.04 Å². The summed E-state index contributed by atoms with van der Waals surface area (Å²) in [6, 6.07) is 12.1. The van der Waals surface area contributed by atoms with Gasteiger partial charge >= 0.3 is 0 Å². The smallest absolute Gasteiger partial charge is 0.225 e. The normalized spacial score (nSPS) is 18.5. The van der Waals surface area contributed by atoms with Crippen molar-refractivity contribution in [3.63, 3.8) is 0 Å². The summed E-state index contributed by atoms with van der Waals surface area (Å²) in [7, 11) is -1.11. The maximum atomic E-state index is 13.2. The minimum atomic E-state index is -1.11. The van der Waals surface area contributed by atoms with Crippen LogP contribution in [0.15, 0.2) is 53.0 Å². The van der Waals surface area contributed by atoms with Crippen LogP contribution in [-0.4, -0.2) is 48.2 Å². The third-order valence-electron chi connectivity index (χ3n) is 6.57. The molecule has 1 aliphatic carbocycles. The van der Waals surface area contributed by atoms with E-state index in [9.17, 15) is 9.32 Å². The Morgan fingerprint density at radius 1 is 1.15 bits per heavy atom. The molecule has 0 radical (unpaired) electrons. The van der Waals surface area contributed by atoms with Crippen LogP contribution in [0.25, 0.3) is 32.6 Å². The van der Waals surface area contributed by atoms with Crippen LogP contribution in [-0.2, 0) is 10.8 Å². The Balaban J connectivity index is 1.44. The molecule has 0 spiro atoms. The van der Waals surface area contributed by atoms with Crippen molar-refractivity contribution in [3.8, 4) is 22.4 Å². The van der Waals surface area contributed by atoms with E-state index in [1.54, 1.807) is 19.3 Å². The van der Waals surface area contributed by atoms with Crippen LogP contribution in [0.1, 0.15) is 26.2 Å². The van der Waals surface area contributed by atoms with Crippen LogP contribution in [0.4, 0.5) is 11.6 Å². The van der Waals surface area contributed by atoms with E-state index >= 15 is 0 Å². The standard InChI is InChI=1S/C25H25N5O2S2/c1-25(31)13-30(14-25)24-27-11-16(12-28-24)19-10-18(15-6-3-2-4-7-15)20-21(26)23(33-22(20)29-19)34(32)17-8-5-9-17/h2-4,6-7,10-12,17,31H,5,8-9,13-14,26H2,1H3. The predicted octanol–water partition coefficient (Wildman–Crippen LogP) is 4.23. The number of rotatable bonds is 5. The Hall–Kier alpha value is -2.88. The van der Waals surface area contributed by atoms with Gasteiger partial charge in [-0.25, -0.2) is 15.0 Å². The SMILES string of the molecule is CC1(O)CN(c2ncc(-c3cc(-c4ccccc4)c4c(N)c(S(=O)C5CCC5)sc4n3)cn2)C1.